The first-order valence-electron chi connectivity index (χ1n) is 4.90. The van der Waals surface area contributed by atoms with Crippen molar-refractivity contribution in [3.63, 3.8) is 0 Å². The Morgan fingerprint density at radius 1 is 0.750 bits per heavy atom. The van der Waals surface area contributed by atoms with E-state index < -0.39 is 35.4 Å². The molecule has 0 unspecified atom stereocenters. The van der Waals surface area contributed by atoms with Crippen molar-refractivity contribution in [3.8, 4) is 0 Å². The average molecular weight is 319 g/mol. The van der Waals surface area contributed by atoms with Gasteiger partial charge in [-0.1, -0.05) is 0 Å². The molecule has 0 aromatic rings. The standard InChI is InChI=1S/C9H10F9NO/c1-5(2,3)19-4(20)6(10,11)7(12,13)8(14,15)9(16,17)18/h1-3H3,(H,19,20). The molecule has 0 aromatic carbocycles. The van der Waals surface area contributed by atoms with Crippen molar-refractivity contribution in [3.05, 3.63) is 0 Å². The van der Waals surface area contributed by atoms with Gasteiger partial charge in [0.05, 0.1) is 0 Å². The molecule has 20 heavy (non-hydrogen) atoms. The zero-order chi connectivity index (χ0) is 16.8. The SMILES string of the molecule is CC(C)(C)NC(=O)C(F)(F)C(F)(F)C(F)(F)C(F)(F)F. The average Bonchev–Trinajstić information content (AvgIpc) is 2.12. The van der Waals surface area contributed by atoms with Crippen LogP contribution >= 0.6 is 0 Å². The summed E-state index contributed by atoms with van der Waals surface area (Å²) in [6.07, 6.45) is -6.94. The maximum Gasteiger partial charge on any atom is 0.460 e. The fourth-order valence-electron chi connectivity index (χ4n) is 0.937. The Morgan fingerprint density at radius 2 is 1.10 bits per heavy atom. The van der Waals surface area contributed by atoms with E-state index in [2.05, 4.69) is 0 Å². The smallest absolute Gasteiger partial charge is 0.346 e. The van der Waals surface area contributed by atoms with Gasteiger partial charge >= 0.3 is 23.9 Å². The van der Waals surface area contributed by atoms with E-state index >= 15 is 0 Å². The third-order valence-corrected chi connectivity index (χ3v) is 1.92. The Labute approximate surface area is 107 Å². The Morgan fingerprint density at radius 3 is 1.35 bits per heavy atom. The number of hydrogen-bond acceptors (Lipinski definition) is 1. The van der Waals surface area contributed by atoms with Crippen LogP contribution in [-0.2, 0) is 4.79 Å². The number of carbonyl (C=O) groups is 1. The van der Waals surface area contributed by atoms with Gasteiger partial charge in [0.1, 0.15) is 0 Å². The van der Waals surface area contributed by atoms with E-state index in [9.17, 15) is 44.3 Å². The summed E-state index contributed by atoms with van der Waals surface area (Å²) in [5.41, 5.74) is -1.54. The van der Waals surface area contributed by atoms with Gasteiger partial charge < -0.3 is 5.32 Å². The third-order valence-electron chi connectivity index (χ3n) is 1.92. The van der Waals surface area contributed by atoms with E-state index in [-0.39, 0.29) is 0 Å². The predicted molar refractivity (Wildman–Crippen MR) is 48.8 cm³/mol. The van der Waals surface area contributed by atoms with Crippen molar-refractivity contribution in [2.45, 2.75) is 50.3 Å². The Kier molecular flexibility index (Phi) is 4.42. The van der Waals surface area contributed by atoms with Crippen molar-refractivity contribution in [2.24, 2.45) is 0 Å². The zero-order valence-electron chi connectivity index (χ0n) is 10.3. The number of nitrogens with one attached hydrogen (secondary N) is 1. The molecule has 0 fully saturated rings. The first-order valence-corrected chi connectivity index (χ1v) is 4.90. The molecule has 0 aliphatic carbocycles. The van der Waals surface area contributed by atoms with Crippen LogP contribution in [0.25, 0.3) is 0 Å². The van der Waals surface area contributed by atoms with Crippen LogP contribution in [0, 0.1) is 0 Å². The van der Waals surface area contributed by atoms with Crippen LogP contribution in [0.5, 0.6) is 0 Å². The van der Waals surface area contributed by atoms with Crippen LogP contribution < -0.4 is 5.32 Å². The van der Waals surface area contributed by atoms with Crippen LogP contribution in [0.2, 0.25) is 0 Å². The first-order chi connectivity index (χ1) is 8.38. The fourth-order valence-corrected chi connectivity index (χ4v) is 0.937. The molecule has 0 aliphatic heterocycles. The lowest BCUT2D eigenvalue weighted by Gasteiger charge is -2.34. The summed E-state index contributed by atoms with van der Waals surface area (Å²) in [7, 11) is 0. The lowest BCUT2D eigenvalue weighted by Crippen LogP contribution is -2.66. The number of rotatable bonds is 3. The second kappa shape index (κ2) is 4.69. The Hall–Kier alpha value is -1.16. The minimum Gasteiger partial charge on any atom is -0.346 e. The molecule has 0 bridgehead atoms. The molecule has 0 aromatic heterocycles. The van der Waals surface area contributed by atoms with Gasteiger partial charge in [-0.2, -0.15) is 39.5 Å². The lowest BCUT2D eigenvalue weighted by atomic mass is 10.0. The molecule has 11 heteroatoms. The predicted octanol–water partition coefficient (Wildman–Crippen LogP) is 3.37. The van der Waals surface area contributed by atoms with Crippen LogP contribution in [0.1, 0.15) is 20.8 Å². The minimum absolute atomic E-state index is 1.04. The Bertz CT molecular complexity index is 380. The number of hydrogen-bond donors (Lipinski definition) is 1. The van der Waals surface area contributed by atoms with Crippen molar-refractivity contribution in [1.29, 1.82) is 0 Å². The van der Waals surface area contributed by atoms with E-state index in [1.807, 2.05) is 0 Å². The molecule has 0 radical (unpaired) electrons. The maximum atomic E-state index is 13.0. The van der Waals surface area contributed by atoms with Gasteiger partial charge in [0.15, 0.2) is 0 Å². The van der Waals surface area contributed by atoms with Crippen molar-refractivity contribution < 1.29 is 44.3 Å². The van der Waals surface area contributed by atoms with E-state index in [0.717, 1.165) is 20.8 Å². The number of alkyl halides is 9. The highest BCUT2D eigenvalue weighted by Gasteiger charge is 2.83. The van der Waals surface area contributed by atoms with Gasteiger partial charge in [-0.25, -0.2) is 0 Å². The number of halogens is 9. The van der Waals surface area contributed by atoms with Crippen LogP contribution in [-0.4, -0.2) is 35.4 Å². The maximum absolute atomic E-state index is 13.0. The largest absolute Gasteiger partial charge is 0.460 e. The van der Waals surface area contributed by atoms with Gasteiger partial charge in [0.25, 0.3) is 5.91 Å². The van der Waals surface area contributed by atoms with Gasteiger partial charge in [0.2, 0.25) is 0 Å². The molecule has 1 amide bonds. The summed E-state index contributed by atoms with van der Waals surface area (Å²) in [5.74, 6) is -23.2. The first kappa shape index (κ1) is 18.8. The Balaban J connectivity index is 5.64. The quantitative estimate of drug-likeness (QED) is 0.794. The number of amides is 1. The highest BCUT2D eigenvalue weighted by molar-refractivity contribution is 5.85. The van der Waals surface area contributed by atoms with Crippen LogP contribution in [0.4, 0.5) is 39.5 Å². The summed E-state index contributed by atoms with van der Waals surface area (Å²) in [5, 5.41) is 1.22. The summed E-state index contributed by atoms with van der Waals surface area (Å²) in [4.78, 5) is 10.9. The molecule has 2 nitrogen and oxygen atoms in total. The minimum atomic E-state index is -7.07. The summed E-state index contributed by atoms with van der Waals surface area (Å²) >= 11 is 0. The highest BCUT2D eigenvalue weighted by atomic mass is 19.4. The third kappa shape index (κ3) is 3.11. The molecule has 120 valence electrons. The van der Waals surface area contributed by atoms with Gasteiger partial charge in [-0.05, 0) is 20.8 Å². The van der Waals surface area contributed by atoms with Crippen molar-refractivity contribution in [1.82, 2.24) is 5.32 Å². The molecular formula is C9H10F9NO. The number of carbonyl (C=O) groups excluding carboxylic acids is 1. The molecule has 0 saturated heterocycles. The fraction of sp³-hybridized carbons (Fsp3) is 0.889. The van der Waals surface area contributed by atoms with Crippen molar-refractivity contribution in [2.75, 3.05) is 0 Å². The van der Waals surface area contributed by atoms with E-state index in [4.69, 9.17) is 0 Å². The molecular weight excluding hydrogens is 309 g/mol. The summed E-state index contributed by atoms with van der Waals surface area (Å²) in [6.45, 7) is 3.13. The molecule has 1 N–H and O–H groups in total. The van der Waals surface area contributed by atoms with Gasteiger partial charge in [0, 0.05) is 5.54 Å². The van der Waals surface area contributed by atoms with Crippen LogP contribution in [0.15, 0.2) is 0 Å². The van der Waals surface area contributed by atoms with Gasteiger partial charge in [-0.3, -0.25) is 4.79 Å². The van der Waals surface area contributed by atoms with E-state index in [1.165, 1.54) is 5.32 Å². The summed E-state index contributed by atoms with van der Waals surface area (Å²) < 4.78 is 112. The summed E-state index contributed by atoms with van der Waals surface area (Å²) in [6, 6.07) is 0. The van der Waals surface area contributed by atoms with E-state index in [0.29, 0.717) is 0 Å². The second-order valence-corrected chi connectivity index (χ2v) is 4.93. The monoisotopic (exact) mass is 319 g/mol. The molecule has 0 saturated carbocycles. The van der Waals surface area contributed by atoms with Gasteiger partial charge in [-0.15, -0.1) is 0 Å². The van der Waals surface area contributed by atoms with Crippen LogP contribution in [0.3, 0.4) is 0 Å². The topological polar surface area (TPSA) is 29.1 Å². The zero-order valence-corrected chi connectivity index (χ0v) is 10.3. The van der Waals surface area contributed by atoms with E-state index in [1.54, 1.807) is 0 Å². The highest BCUT2D eigenvalue weighted by Crippen LogP contribution is 2.53. The van der Waals surface area contributed by atoms with Crippen molar-refractivity contribution >= 4 is 5.91 Å². The lowest BCUT2D eigenvalue weighted by molar-refractivity contribution is -0.388. The molecule has 0 aliphatic rings. The molecule has 0 spiro atoms. The molecule has 0 heterocycles. The molecule has 0 atom stereocenters. The normalized spacial score (nSPS) is 15.2. The second-order valence-electron chi connectivity index (χ2n) is 4.93. The molecule has 0 rings (SSSR count).